The van der Waals surface area contributed by atoms with Crippen LogP contribution in [0.25, 0.3) is 22.3 Å². The molecule has 1 amide bonds. The van der Waals surface area contributed by atoms with Crippen molar-refractivity contribution in [1.29, 1.82) is 0 Å². The van der Waals surface area contributed by atoms with Crippen LogP contribution in [0.4, 0.5) is 11.5 Å². The van der Waals surface area contributed by atoms with Crippen molar-refractivity contribution < 1.29 is 9.53 Å². The lowest BCUT2D eigenvalue weighted by molar-refractivity contribution is -0.126. The number of amides is 1. The average Bonchev–Trinajstić information content (AvgIpc) is 3.29. The van der Waals surface area contributed by atoms with E-state index in [1.807, 2.05) is 4.90 Å². The number of benzene rings is 1. The molecule has 0 saturated carbocycles. The van der Waals surface area contributed by atoms with Crippen molar-refractivity contribution in [3.63, 3.8) is 0 Å². The third-order valence-electron chi connectivity index (χ3n) is 6.02. The second-order valence-corrected chi connectivity index (χ2v) is 7.81. The summed E-state index contributed by atoms with van der Waals surface area (Å²) in [7, 11) is 0. The predicted octanol–water partition coefficient (Wildman–Crippen LogP) is 2.30. The van der Waals surface area contributed by atoms with Crippen molar-refractivity contribution in [2.75, 3.05) is 62.3 Å². The number of ether oxygens (including phenoxy) is 1. The summed E-state index contributed by atoms with van der Waals surface area (Å²) in [6.07, 6.45) is 3.01. The highest BCUT2D eigenvalue weighted by molar-refractivity contribution is 5.92. The van der Waals surface area contributed by atoms with Crippen LogP contribution in [0, 0.1) is 0 Å². The number of aromatic amines is 1. The van der Waals surface area contributed by atoms with Gasteiger partial charge in [-0.05, 0) is 29.8 Å². The normalized spacial score (nSPS) is 17.2. The van der Waals surface area contributed by atoms with Crippen molar-refractivity contribution in [3.05, 3.63) is 49.3 Å². The molecule has 0 spiro atoms. The Bertz CT molecular complexity index is 1080. The number of fused-ring (bicyclic) bond motifs is 1. The Morgan fingerprint density at radius 2 is 1.74 bits per heavy atom. The van der Waals surface area contributed by atoms with Crippen LogP contribution in [-0.2, 0) is 9.53 Å². The van der Waals surface area contributed by atoms with Gasteiger partial charge in [0, 0.05) is 50.6 Å². The maximum atomic E-state index is 11.8. The van der Waals surface area contributed by atoms with E-state index in [4.69, 9.17) is 4.74 Å². The van der Waals surface area contributed by atoms with Crippen molar-refractivity contribution in [3.8, 4) is 11.3 Å². The second-order valence-electron chi connectivity index (χ2n) is 7.81. The molecule has 160 valence electrons. The van der Waals surface area contributed by atoms with Crippen molar-refractivity contribution in [1.82, 2.24) is 19.9 Å². The highest BCUT2D eigenvalue weighted by atomic mass is 16.5. The lowest BCUT2D eigenvalue weighted by Crippen LogP contribution is -2.48. The smallest absolute Gasteiger partial charge is 0.246 e. The Balaban J connectivity index is 1.34. The van der Waals surface area contributed by atoms with E-state index in [1.54, 1.807) is 6.33 Å². The maximum absolute atomic E-state index is 11.8. The van der Waals surface area contributed by atoms with Gasteiger partial charge in [-0.15, -0.1) is 0 Å². The van der Waals surface area contributed by atoms with Gasteiger partial charge >= 0.3 is 0 Å². The van der Waals surface area contributed by atoms with E-state index in [9.17, 15) is 4.79 Å². The van der Waals surface area contributed by atoms with Gasteiger partial charge in [0.25, 0.3) is 0 Å². The SMILES string of the molecule is C=CC(=O)N1CCN(c2ccc(-c3cc4c(N5CCOCC5)ncnc4[nH]3)cc2)CC1. The number of piperazine rings is 1. The Labute approximate surface area is 181 Å². The molecule has 0 bridgehead atoms. The fraction of sp³-hybridized carbons (Fsp3) is 0.348. The maximum Gasteiger partial charge on any atom is 0.246 e. The number of morpholine rings is 1. The summed E-state index contributed by atoms with van der Waals surface area (Å²) < 4.78 is 5.47. The molecule has 0 unspecified atom stereocenters. The first-order chi connectivity index (χ1) is 15.2. The fourth-order valence-corrected chi connectivity index (χ4v) is 4.28. The van der Waals surface area contributed by atoms with E-state index >= 15 is 0 Å². The molecule has 0 aliphatic carbocycles. The molecule has 2 aromatic heterocycles. The van der Waals surface area contributed by atoms with Crippen LogP contribution >= 0.6 is 0 Å². The summed E-state index contributed by atoms with van der Waals surface area (Å²) >= 11 is 0. The number of carbonyl (C=O) groups excluding carboxylic acids is 1. The van der Waals surface area contributed by atoms with E-state index < -0.39 is 0 Å². The first kappa shape index (κ1) is 19.6. The van der Waals surface area contributed by atoms with Gasteiger partial charge in [-0.25, -0.2) is 9.97 Å². The first-order valence-corrected chi connectivity index (χ1v) is 10.7. The monoisotopic (exact) mass is 418 g/mol. The summed E-state index contributed by atoms with van der Waals surface area (Å²) in [5, 5.41) is 1.03. The van der Waals surface area contributed by atoms with Gasteiger partial charge in [0.15, 0.2) is 0 Å². The summed E-state index contributed by atoms with van der Waals surface area (Å²) in [5.74, 6) is 0.965. The van der Waals surface area contributed by atoms with Crippen LogP contribution < -0.4 is 9.80 Å². The quantitative estimate of drug-likeness (QED) is 0.655. The van der Waals surface area contributed by atoms with Gasteiger partial charge < -0.3 is 24.4 Å². The number of aromatic nitrogens is 3. The standard InChI is InChI=1S/C23H26N6O2/c1-2-21(30)28-9-7-27(8-10-28)18-5-3-17(4-6-18)20-15-19-22(26-20)24-16-25-23(19)29-11-13-31-14-12-29/h2-6,15-16H,1,7-14H2,(H,24,25,26). The Kier molecular flexibility index (Phi) is 5.30. The minimum Gasteiger partial charge on any atom is -0.378 e. The minimum atomic E-state index is 0.00774. The molecule has 2 aliphatic rings. The lowest BCUT2D eigenvalue weighted by atomic mass is 10.1. The number of H-pyrrole nitrogens is 1. The molecular weight excluding hydrogens is 392 g/mol. The molecule has 0 atom stereocenters. The number of rotatable bonds is 4. The van der Waals surface area contributed by atoms with Gasteiger partial charge in [0.2, 0.25) is 5.91 Å². The van der Waals surface area contributed by atoms with Gasteiger partial charge in [-0.3, -0.25) is 4.79 Å². The highest BCUT2D eigenvalue weighted by Gasteiger charge is 2.20. The summed E-state index contributed by atoms with van der Waals surface area (Å²) in [6.45, 7) is 9.79. The molecule has 31 heavy (non-hydrogen) atoms. The van der Waals surface area contributed by atoms with E-state index in [0.717, 1.165) is 80.6 Å². The molecular formula is C23H26N6O2. The Hall–Kier alpha value is -3.39. The molecule has 1 N–H and O–H groups in total. The second kappa shape index (κ2) is 8.39. The Morgan fingerprint density at radius 1 is 1.00 bits per heavy atom. The zero-order chi connectivity index (χ0) is 21.2. The summed E-state index contributed by atoms with van der Waals surface area (Å²) in [5.41, 5.74) is 4.14. The van der Waals surface area contributed by atoms with Crippen LogP contribution in [0.3, 0.4) is 0 Å². The largest absolute Gasteiger partial charge is 0.378 e. The number of carbonyl (C=O) groups is 1. The van der Waals surface area contributed by atoms with Crippen molar-refractivity contribution in [2.24, 2.45) is 0 Å². The molecule has 4 heterocycles. The molecule has 5 rings (SSSR count). The van der Waals surface area contributed by atoms with Crippen LogP contribution in [0.5, 0.6) is 0 Å². The van der Waals surface area contributed by atoms with Gasteiger partial charge in [-0.1, -0.05) is 18.7 Å². The number of nitrogens with one attached hydrogen (secondary N) is 1. The number of hydrogen-bond donors (Lipinski definition) is 1. The molecule has 2 fully saturated rings. The van der Waals surface area contributed by atoms with Gasteiger partial charge in [-0.2, -0.15) is 0 Å². The van der Waals surface area contributed by atoms with Crippen LogP contribution in [0.15, 0.2) is 49.3 Å². The van der Waals surface area contributed by atoms with E-state index in [1.165, 1.54) is 11.8 Å². The molecule has 1 aromatic carbocycles. The van der Waals surface area contributed by atoms with Crippen molar-refractivity contribution in [2.45, 2.75) is 0 Å². The van der Waals surface area contributed by atoms with E-state index in [2.05, 4.69) is 61.7 Å². The molecule has 3 aromatic rings. The zero-order valence-electron chi connectivity index (χ0n) is 17.5. The number of nitrogens with zero attached hydrogens (tertiary/aromatic N) is 5. The predicted molar refractivity (Wildman–Crippen MR) is 121 cm³/mol. The van der Waals surface area contributed by atoms with Gasteiger partial charge in [0.1, 0.15) is 17.8 Å². The molecule has 0 radical (unpaired) electrons. The van der Waals surface area contributed by atoms with Crippen LogP contribution in [-0.4, -0.2) is 78.2 Å². The van der Waals surface area contributed by atoms with Crippen LogP contribution in [0.2, 0.25) is 0 Å². The summed E-state index contributed by atoms with van der Waals surface area (Å²) in [4.78, 5) is 30.6. The topological polar surface area (TPSA) is 77.6 Å². The third-order valence-corrected chi connectivity index (χ3v) is 6.02. The average molecular weight is 419 g/mol. The fourth-order valence-electron chi connectivity index (χ4n) is 4.28. The molecule has 2 saturated heterocycles. The molecule has 2 aliphatic heterocycles. The third kappa shape index (κ3) is 3.86. The van der Waals surface area contributed by atoms with Gasteiger partial charge in [0.05, 0.1) is 18.6 Å². The zero-order valence-corrected chi connectivity index (χ0v) is 17.5. The lowest BCUT2D eigenvalue weighted by Gasteiger charge is -2.35. The highest BCUT2D eigenvalue weighted by Crippen LogP contribution is 2.30. The molecule has 8 heteroatoms. The van der Waals surface area contributed by atoms with Crippen LogP contribution in [0.1, 0.15) is 0 Å². The first-order valence-electron chi connectivity index (χ1n) is 10.7. The molecule has 8 nitrogen and oxygen atoms in total. The minimum absolute atomic E-state index is 0.00774. The number of hydrogen-bond acceptors (Lipinski definition) is 6. The van der Waals surface area contributed by atoms with Crippen molar-refractivity contribution >= 4 is 28.4 Å². The number of anilines is 2. The summed E-state index contributed by atoms with van der Waals surface area (Å²) in [6, 6.07) is 10.7. The van der Waals surface area contributed by atoms with E-state index in [0.29, 0.717) is 0 Å². The van der Waals surface area contributed by atoms with E-state index in [-0.39, 0.29) is 5.91 Å². The Morgan fingerprint density at radius 3 is 2.45 bits per heavy atom.